The van der Waals surface area contributed by atoms with Gasteiger partial charge < -0.3 is 4.57 Å². The van der Waals surface area contributed by atoms with Crippen LogP contribution in [-0.4, -0.2) is 10.9 Å². The molecule has 0 aliphatic carbocycles. The predicted molar refractivity (Wildman–Crippen MR) is 70.0 cm³/mol. The van der Waals surface area contributed by atoms with Crippen LogP contribution in [-0.2, 0) is 6.42 Å². The van der Waals surface area contributed by atoms with Gasteiger partial charge in [-0.05, 0) is 50.1 Å². The van der Waals surface area contributed by atoms with Crippen molar-refractivity contribution in [1.82, 2.24) is 4.57 Å². The first-order valence-corrected chi connectivity index (χ1v) is 6.02. The third kappa shape index (κ3) is 1.86. The summed E-state index contributed by atoms with van der Waals surface area (Å²) < 4.78 is 15.0. The van der Waals surface area contributed by atoms with Gasteiger partial charge >= 0.3 is 0 Å². The maximum absolute atomic E-state index is 13.0. The first-order valence-electron chi connectivity index (χ1n) is 6.02. The molecule has 18 heavy (non-hydrogen) atoms. The van der Waals surface area contributed by atoms with Gasteiger partial charge in [0.1, 0.15) is 5.82 Å². The van der Waals surface area contributed by atoms with Gasteiger partial charge in [0.15, 0.2) is 6.29 Å². The highest BCUT2D eigenvalue weighted by Gasteiger charge is 2.16. The van der Waals surface area contributed by atoms with Gasteiger partial charge in [-0.3, -0.25) is 4.79 Å². The quantitative estimate of drug-likeness (QED) is 0.757. The van der Waals surface area contributed by atoms with E-state index in [0.29, 0.717) is 0 Å². The van der Waals surface area contributed by atoms with E-state index in [1.807, 2.05) is 25.3 Å². The maximum atomic E-state index is 13.0. The fourth-order valence-electron chi connectivity index (χ4n) is 2.50. The summed E-state index contributed by atoms with van der Waals surface area (Å²) in [6.07, 6.45) is 1.72. The molecule has 0 saturated heterocycles. The van der Waals surface area contributed by atoms with Crippen LogP contribution in [0.1, 0.15) is 34.2 Å². The van der Waals surface area contributed by atoms with E-state index >= 15 is 0 Å². The molecule has 3 heteroatoms. The number of benzene rings is 1. The molecule has 1 aromatic carbocycles. The fraction of sp³-hybridized carbons (Fsp3) is 0.267. The number of nitrogens with zero attached hydrogens (tertiary/aromatic N) is 1. The van der Waals surface area contributed by atoms with E-state index in [9.17, 15) is 9.18 Å². The van der Waals surface area contributed by atoms with Crippen LogP contribution in [0.4, 0.5) is 4.39 Å². The van der Waals surface area contributed by atoms with Crippen LogP contribution in [0, 0.1) is 19.7 Å². The Labute approximate surface area is 106 Å². The number of hydrogen-bond acceptors (Lipinski definition) is 1. The van der Waals surface area contributed by atoms with E-state index in [1.54, 1.807) is 12.1 Å². The number of carbonyl (C=O) groups is 1. The van der Waals surface area contributed by atoms with Crippen molar-refractivity contribution >= 4 is 6.29 Å². The molecule has 2 nitrogen and oxygen atoms in total. The second-order valence-corrected chi connectivity index (χ2v) is 4.35. The summed E-state index contributed by atoms with van der Waals surface area (Å²) in [5.74, 6) is -0.257. The zero-order chi connectivity index (χ0) is 13.3. The summed E-state index contributed by atoms with van der Waals surface area (Å²) in [4.78, 5) is 11.2. The number of halogens is 1. The van der Waals surface area contributed by atoms with E-state index in [-0.39, 0.29) is 5.82 Å². The molecule has 0 unspecified atom stereocenters. The first kappa shape index (κ1) is 12.6. The Bertz CT molecular complexity index is 582. The average Bonchev–Trinajstić information content (AvgIpc) is 2.61. The fourth-order valence-corrected chi connectivity index (χ4v) is 2.50. The second-order valence-electron chi connectivity index (χ2n) is 4.35. The molecule has 2 rings (SSSR count). The van der Waals surface area contributed by atoms with Crippen molar-refractivity contribution < 1.29 is 9.18 Å². The number of aromatic nitrogens is 1. The molecule has 1 aromatic heterocycles. The second kappa shape index (κ2) is 4.77. The Balaban J connectivity index is 2.68. The molecule has 0 atom stereocenters. The molecule has 0 aliphatic heterocycles. The summed E-state index contributed by atoms with van der Waals surface area (Å²) in [5, 5.41) is 0. The zero-order valence-corrected chi connectivity index (χ0v) is 10.8. The zero-order valence-electron chi connectivity index (χ0n) is 10.8. The molecule has 0 saturated carbocycles. The van der Waals surface area contributed by atoms with Crippen molar-refractivity contribution in [1.29, 1.82) is 0 Å². The van der Waals surface area contributed by atoms with Crippen LogP contribution < -0.4 is 0 Å². The third-order valence-corrected chi connectivity index (χ3v) is 3.38. The van der Waals surface area contributed by atoms with Crippen LogP contribution in [0.5, 0.6) is 0 Å². The minimum Gasteiger partial charge on any atom is -0.317 e. The van der Waals surface area contributed by atoms with E-state index in [1.165, 1.54) is 12.1 Å². The van der Waals surface area contributed by atoms with Crippen LogP contribution >= 0.6 is 0 Å². The maximum Gasteiger partial charge on any atom is 0.152 e. The molecule has 0 bridgehead atoms. The van der Waals surface area contributed by atoms with Crippen LogP contribution in [0.15, 0.2) is 24.3 Å². The van der Waals surface area contributed by atoms with Gasteiger partial charge in [0, 0.05) is 22.6 Å². The van der Waals surface area contributed by atoms with Crippen molar-refractivity contribution in [2.45, 2.75) is 27.2 Å². The van der Waals surface area contributed by atoms with Crippen molar-refractivity contribution in [3.8, 4) is 5.69 Å². The number of hydrogen-bond donors (Lipinski definition) is 0. The van der Waals surface area contributed by atoms with Gasteiger partial charge in [-0.1, -0.05) is 6.92 Å². The molecule has 0 radical (unpaired) electrons. The van der Waals surface area contributed by atoms with E-state index in [4.69, 9.17) is 0 Å². The first-order chi connectivity index (χ1) is 8.60. The Morgan fingerprint density at radius 2 is 1.78 bits per heavy atom. The predicted octanol–water partition coefficient (Wildman–Crippen LogP) is 3.61. The molecule has 0 aliphatic rings. The number of carbonyl (C=O) groups excluding carboxylic acids is 1. The summed E-state index contributed by atoms with van der Waals surface area (Å²) in [6.45, 7) is 5.94. The van der Waals surface area contributed by atoms with Gasteiger partial charge in [-0.2, -0.15) is 0 Å². The Morgan fingerprint density at radius 1 is 1.17 bits per heavy atom. The Kier molecular flexibility index (Phi) is 3.32. The number of aldehydes is 1. The van der Waals surface area contributed by atoms with E-state index in [2.05, 4.69) is 0 Å². The number of rotatable bonds is 3. The van der Waals surface area contributed by atoms with E-state index < -0.39 is 0 Å². The van der Waals surface area contributed by atoms with Crippen molar-refractivity contribution in [2.24, 2.45) is 0 Å². The molecular formula is C15H16FNO. The van der Waals surface area contributed by atoms with Gasteiger partial charge in [-0.15, -0.1) is 0 Å². The van der Waals surface area contributed by atoms with Gasteiger partial charge in [0.05, 0.1) is 0 Å². The van der Waals surface area contributed by atoms with Crippen molar-refractivity contribution in [3.05, 3.63) is 52.6 Å². The third-order valence-electron chi connectivity index (χ3n) is 3.38. The van der Waals surface area contributed by atoms with Crippen molar-refractivity contribution in [3.63, 3.8) is 0 Å². The molecule has 2 aromatic rings. The van der Waals surface area contributed by atoms with Gasteiger partial charge in [-0.25, -0.2) is 4.39 Å². The normalized spacial score (nSPS) is 10.7. The standard InChI is InChI=1S/C15H16FNO/c1-4-14-10(2)17(11(3)15(14)9-18)13-7-5-12(16)6-8-13/h5-9H,4H2,1-3H3. The monoisotopic (exact) mass is 245 g/mol. The molecule has 94 valence electrons. The lowest BCUT2D eigenvalue weighted by Crippen LogP contribution is -1.99. The van der Waals surface area contributed by atoms with Crippen molar-refractivity contribution in [2.75, 3.05) is 0 Å². The van der Waals surface area contributed by atoms with E-state index in [0.717, 1.165) is 40.9 Å². The molecule has 0 fully saturated rings. The van der Waals surface area contributed by atoms with Crippen LogP contribution in [0.2, 0.25) is 0 Å². The smallest absolute Gasteiger partial charge is 0.152 e. The van der Waals surface area contributed by atoms with Gasteiger partial charge in [0.25, 0.3) is 0 Å². The molecule has 0 amide bonds. The molecule has 1 heterocycles. The molecule has 0 N–H and O–H groups in total. The minimum absolute atomic E-state index is 0.257. The Morgan fingerprint density at radius 3 is 2.22 bits per heavy atom. The lowest BCUT2D eigenvalue weighted by molar-refractivity contribution is 0.112. The largest absolute Gasteiger partial charge is 0.317 e. The Hall–Kier alpha value is -1.90. The SMILES string of the molecule is CCc1c(C=O)c(C)n(-c2ccc(F)cc2)c1C. The molecular weight excluding hydrogens is 229 g/mol. The average molecular weight is 245 g/mol. The highest BCUT2D eigenvalue weighted by molar-refractivity contribution is 5.80. The molecule has 0 spiro atoms. The summed E-state index contributed by atoms with van der Waals surface area (Å²) in [5.41, 5.74) is 4.65. The summed E-state index contributed by atoms with van der Waals surface area (Å²) in [6, 6.07) is 6.31. The highest BCUT2D eigenvalue weighted by atomic mass is 19.1. The highest BCUT2D eigenvalue weighted by Crippen LogP contribution is 2.25. The van der Waals surface area contributed by atoms with Crippen LogP contribution in [0.25, 0.3) is 5.69 Å². The summed E-state index contributed by atoms with van der Waals surface area (Å²) in [7, 11) is 0. The minimum atomic E-state index is -0.257. The topological polar surface area (TPSA) is 22.0 Å². The van der Waals surface area contributed by atoms with Crippen LogP contribution in [0.3, 0.4) is 0 Å². The summed E-state index contributed by atoms with van der Waals surface area (Å²) >= 11 is 0. The lowest BCUT2D eigenvalue weighted by Gasteiger charge is -2.09. The lowest BCUT2D eigenvalue weighted by atomic mass is 10.1. The van der Waals surface area contributed by atoms with Gasteiger partial charge in [0.2, 0.25) is 0 Å².